The van der Waals surface area contributed by atoms with Crippen LogP contribution < -0.4 is 11.1 Å². The topological polar surface area (TPSA) is 64.3 Å². The standard InChI is InChI=1S/C11H13ClN2O2S/c1-2-16-6-10(15)14-9-5-7(11(13)17)3-4-8(9)12/h3-5H,2,6H2,1H3,(H2,13,17)(H,14,15). The fourth-order valence-corrected chi connectivity index (χ4v) is 1.45. The van der Waals surface area contributed by atoms with Gasteiger partial charge in [-0.05, 0) is 19.1 Å². The first-order chi connectivity index (χ1) is 8.04. The van der Waals surface area contributed by atoms with Gasteiger partial charge in [0.2, 0.25) is 5.91 Å². The van der Waals surface area contributed by atoms with Gasteiger partial charge in [0.05, 0.1) is 10.7 Å². The molecule has 0 aliphatic carbocycles. The molecule has 1 aromatic carbocycles. The Morgan fingerprint density at radius 2 is 2.29 bits per heavy atom. The molecule has 0 spiro atoms. The van der Waals surface area contributed by atoms with Crippen molar-refractivity contribution in [1.82, 2.24) is 0 Å². The number of ether oxygens (including phenoxy) is 1. The number of amides is 1. The molecular formula is C11H13ClN2O2S. The van der Waals surface area contributed by atoms with E-state index in [0.29, 0.717) is 22.9 Å². The molecule has 0 saturated heterocycles. The number of nitrogens with one attached hydrogen (secondary N) is 1. The van der Waals surface area contributed by atoms with E-state index < -0.39 is 0 Å². The number of anilines is 1. The summed E-state index contributed by atoms with van der Waals surface area (Å²) in [6.45, 7) is 2.28. The molecule has 4 nitrogen and oxygen atoms in total. The zero-order chi connectivity index (χ0) is 12.8. The second-order valence-corrected chi connectivity index (χ2v) is 4.09. The van der Waals surface area contributed by atoms with Crippen molar-refractivity contribution in [1.29, 1.82) is 0 Å². The minimum atomic E-state index is -0.270. The van der Waals surface area contributed by atoms with E-state index >= 15 is 0 Å². The maximum absolute atomic E-state index is 11.4. The first kappa shape index (κ1) is 13.9. The lowest BCUT2D eigenvalue weighted by Gasteiger charge is -2.09. The molecule has 0 aromatic heterocycles. The summed E-state index contributed by atoms with van der Waals surface area (Å²) in [5, 5.41) is 3.05. The quantitative estimate of drug-likeness (QED) is 0.804. The average Bonchev–Trinajstić information content (AvgIpc) is 2.29. The van der Waals surface area contributed by atoms with Gasteiger partial charge in [0, 0.05) is 12.2 Å². The number of halogens is 1. The van der Waals surface area contributed by atoms with E-state index in [1.54, 1.807) is 18.2 Å². The molecule has 1 amide bonds. The highest BCUT2D eigenvalue weighted by atomic mass is 35.5. The average molecular weight is 273 g/mol. The van der Waals surface area contributed by atoms with Crippen LogP contribution in [0.15, 0.2) is 18.2 Å². The molecule has 1 rings (SSSR count). The second kappa shape index (κ2) is 6.54. The smallest absolute Gasteiger partial charge is 0.250 e. The zero-order valence-corrected chi connectivity index (χ0v) is 10.9. The minimum Gasteiger partial charge on any atom is -0.389 e. The molecule has 0 fully saturated rings. The number of rotatable bonds is 5. The fourth-order valence-electron chi connectivity index (χ4n) is 1.16. The molecule has 0 atom stereocenters. The van der Waals surface area contributed by atoms with Gasteiger partial charge in [-0.3, -0.25) is 4.79 Å². The number of carbonyl (C=O) groups excluding carboxylic acids is 1. The van der Waals surface area contributed by atoms with Crippen LogP contribution in [0.3, 0.4) is 0 Å². The predicted octanol–water partition coefficient (Wildman–Crippen LogP) is 1.95. The van der Waals surface area contributed by atoms with Crippen LogP contribution in [0.2, 0.25) is 5.02 Å². The van der Waals surface area contributed by atoms with E-state index in [2.05, 4.69) is 5.32 Å². The van der Waals surface area contributed by atoms with E-state index in [0.717, 1.165) is 0 Å². The van der Waals surface area contributed by atoms with Crippen LogP contribution in [-0.2, 0) is 9.53 Å². The van der Waals surface area contributed by atoms with Crippen molar-refractivity contribution in [2.24, 2.45) is 5.73 Å². The lowest BCUT2D eigenvalue weighted by molar-refractivity contribution is -0.120. The van der Waals surface area contributed by atoms with Gasteiger partial charge in [-0.25, -0.2) is 0 Å². The van der Waals surface area contributed by atoms with Crippen molar-refractivity contribution < 1.29 is 9.53 Å². The monoisotopic (exact) mass is 272 g/mol. The SMILES string of the molecule is CCOCC(=O)Nc1cc(C(N)=S)ccc1Cl. The van der Waals surface area contributed by atoms with Crippen LogP contribution in [0.1, 0.15) is 12.5 Å². The number of nitrogens with two attached hydrogens (primary N) is 1. The van der Waals surface area contributed by atoms with E-state index in [9.17, 15) is 4.79 Å². The van der Waals surface area contributed by atoms with E-state index in [-0.39, 0.29) is 17.5 Å². The highest BCUT2D eigenvalue weighted by molar-refractivity contribution is 7.80. The Balaban J connectivity index is 2.79. The van der Waals surface area contributed by atoms with Crippen LogP contribution in [-0.4, -0.2) is 24.1 Å². The van der Waals surface area contributed by atoms with E-state index in [1.807, 2.05) is 6.92 Å². The largest absolute Gasteiger partial charge is 0.389 e. The molecule has 0 radical (unpaired) electrons. The Morgan fingerprint density at radius 3 is 2.88 bits per heavy atom. The lowest BCUT2D eigenvalue weighted by Crippen LogP contribution is -2.19. The van der Waals surface area contributed by atoms with Gasteiger partial charge < -0.3 is 15.8 Å². The summed E-state index contributed by atoms with van der Waals surface area (Å²) in [5.74, 6) is -0.270. The molecule has 1 aromatic rings. The first-order valence-electron chi connectivity index (χ1n) is 5.01. The highest BCUT2D eigenvalue weighted by Gasteiger charge is 2.07. The summed E-state index contributed by atoms with van der Waals surface area (Å²) in [7, 11) is 0. The molecular weight excluding hydrogens is 260 g/mol. The van der Waals surface area contributed by atoms with Crippen LogP contribution in [0.25, 0.3) is 0 Å². The Kier molecular flexibility index (Phi) is 5.34. The van der Waals surface area contributed by atoms with Crippen molar-refractivity contribution in [3.8, 4) is 0 Å². The molecule has 0 heterocycles. The van der Waals surface area contributed by atoms with Crippen LogP contribution >= 0.6 is 23.8 Å². The van der Waals surface area contributed by atoms with Gasteiger partial charge >= 0.3 is 0 Å². The summed E-state index contributed by atoms with van der Waals surface area (Å²) in [6, 6.07) is 4.96. The fraction of sp³-hybridized carbons (Fsp3) is 0.273. The van der Waals surface area contributed by atoms with Gasteiger partial charge in [0.15, 0.2) is 0 Å². The normalized spacial score (nSPS) is 10.0. The number of carbonyl (C=O) groups is 1. The van der Waals surface area contributed by atoms with Crippen molar-refractivity contribution in [3.63, 3.8) is 0 Å². The molecule has 0 aliphatic rings. The number of benzene rings is 1. The van der Waals surface area contributed by atoms with Crippen LogP contribution in [0, 0.1) is 0 Å². The number of hydrogen-bond acceptors (Lipinski definition) is 3. The van der Waals surface area contributed by atoms with Crippen LogP contribution in [0.5, 0.6) is 0 Å². The maximum atomic E-state index is 11.4. The third-order valence-corrected chi connectivity index (χ3v) is 2.53. The van der Waals surface area contributed by atoms with Gasteiger partial charge in [0.25, 0.3) is 0 Å². The molecule has 6 heteroatoms. The number of hydrogen-bond donors (Lipinski definition) is 2. The second-order valence-electron chi connectivity index (χ2n) is 3.24. The Morgan fingerprint density at radius 1 is 1.59 bits per heavy atom. The predicted molar refractivity (Wildman–Crippen MR) is 72.5 cm³/mol. The van der Waals surface area contributed by atoms with Gasteiger partial charge in [-0.1, -0.05) is 29.9 Å². The highest BCUT2D eigenvalue weighted by Crippen LogP contribution is 2.22. The van der Waals surface area contributed by atoms with Gasteiger partial charge in [-0.15, -0.1) is 0 Å². The zero-order valence-electron chi connectivity index (χ0n) is 9.33. The van der Waals surface area contributed by atoms with Gasteiger partial charge in [-0.2, -0.15) is 0 Å². The van der Waals surface area contributed by atoms with Crippen molar-refractivity contribution in [3.05, 3.63) is 28.8 Å². The van der Waals surface area contributed by atoms with E-state index in [1.165, 1.54) is 0 Å². The number of thiocarbonyl (C=S) groups is 1. The molecule has 17 heavy (non-hydrogen) atoms. The maximum Gasteiger partial charge on any atom is 0.250 e. The Labute approximate surface area is 110 Å². The molecule has 0 saturated carbocycles. The first-order valence-corrected chi connectivity index (χ1v) is 5.80. The summed E-state index contributed by atoms with van der Waals surface area (Å²) < 4.78 is 4.98. The van der Waals surface area contributed by atoms with Gasteiger partial charge in [0.1, 0.15) is 11.6 Å². The summed E-state index contributed by atoms with van der Waals surface area (Å²) in [4.78, 5) is 11.7. The summed E-state index contributed by atoms with van der Waals surface area (Å²) in [5.41, 5.74) is 6.62. The van der Waals surface area contributed by atoms with Crippen molar-refractivity contribution >= 4 is 40.4 Å². The Hall–Kier alpha value is -1.17. The van der Waals surface area contributed by atoms with Crippen LogP contribution in [0.4, 0.5) is 5.69 Å². The molecule has 3 N–H and O–H groups in total. The summed E-state index contributed by atoms with van der Waals surface area (Å²) in [6.07, 6.45) is 0. The third kappa shape index (κ3) is 4.30. The Bertz CT molecular complexity index is 437. The molecule has 92 valence electrons. The van der Waals surface area contributed by atoms with Crippen molar-refractivity contribution in [2.75, 3.05) is 18.5 Å². The van der Waals surface area contributed by atoms with E-state index in [4.69, 9.17) is 34.3 Å². The molecule has 0 unspecified atom stereocenters. The molecule has 0 bridgehead atoms. The van der Waals surface area contributed by atoms with Crippen molar-refractivity contribution in [2.45, 2.75) is 6.92 Å². The summed E-state index contributed by atoms with van der Waals surface area (Å²) >= 11 is 10.8. The minimum absolute atomic E-state index is 0.00979. The molecule has 0 aliphatic heterocycles. The lowest BCUT2D eigenvalue weighted by atomic mass is 10.2. The third-order valence-electron chi connectivity index (χ3n) is 1.96.